The van der Waals surface area contributed by atoms with Crippen molar-refractivity contribution < 1.29 is 0 Å². The normalized spacial score (nSPS) is 19.8. The Morgan fingerprint density at radius 1 is 1.00 bits per heavy atom. The Kier molecular flexibility index (Phi) is 3.81. The lowest BCUT2D eigenvalue weighted by Gasteiger charge is -2.32. The van der Waals surface area contributed by atoms with Gasteiger partial charge in [0.05, 0.1) is 12.1 Å². The Morgan fingerprint density at radius 2 is 1.75 bits per heavy atom. The highest BCUT2D eigenvalue weighted by molar-refractivity contribution is 5.38. The van der Waals surface area contributed by atoms with Crippen molar-refractivity contribution in [2.24, 2.45) is 0 Å². The van der Waals surface area contributed by atoms with Crippen LogP contribution in [0.3, 0.4) is 0 Å². The average Bonchev–Trinajstić information content (AvgIpc) is 3.10. The molecule has 0 bridgehead atoms. The predicted octanol–water partition coefficient (Wildman–Crippen LogP) is 4.55. The van der Waals surface area contributed by atoms with Crippen LogP contribution in [0.15, 0.2) is 60.9 Å². The van der Waals surface area contributed by atoms with Crippen molar-refractivity contribution in [2.75, 3.05) is 5.32 Å². The molecule has 4 nitrogen and oxygen atoms in total. The zero-order valence-corrected chi connectivity index (χ0v) is 14.1. The smallest absolute Gasteiger partial charge is 0.222 e. The number of fused-ring (bicyclic) bond motifs is 1. The molecule has 122 valence electrons. The number of nitrogens with zero attached hydrogens (tertiary/aromatic N) is 3. The standard InChI is InChI=1S/C20H22N4/c1-14(2)15-8-10-17(11-9-15)19-12-18(16-6-4-3-5-7-16)23-20-21-13-22-24(19)20/h3-11,13-14,18-19H,12H2,1-2H3,(H,21,22,23). The van der Waals surface area contributed by atoms with Crippen LogP contribution in [0, 0.1) is 0 Å². The van der Waals surface area contributed by atoms with Crippen LogP contribution in [0.25, 0.3) is 0 Å². The molecule has 1 aliphatic rings. The van der Waals surface area contributed by atoms with Gasteiger partial charge in [-0.3, -0.25) is 0 Å². The van der Waals surface area contributed by atoms with E-state index in [1.54, 1.807) is 6.33 Å². The van der Waals surface area contributed by atoms with Gasteiger partial charge in [0.25, 0.3) is 0 Å². The van der Waals surface area contributed by atoms with Gasteiger partial charge in [0.15, 0.2) is 0 Å². The quantitative estimate of drug-likeness (QED) is 0.770. The zero-order chi connectivity index (χ0) is 16.5. The number of benzene rings is 2. The lowest BCUT2D eigenvalue weighted by Crippen LogP contribution is -2.28. The second-order valence-corrected chi connectivity index (χ2v) is 6.71. The van der Waals surface area contributed by atoms with Gasteiger partial charge in [-0.15, -0.1) is 0 Å². The first-order valence-electron chi connectivity index (χ1n) is 8.53. The molecule has 2 unspecified atom stereocenters. The molecule has 1 N–H and O–H groups in total. The van der Waals surface area contributed by atoms with E-state index in [4.69, 9.17) is 0 Å². The van der Waals surface area contributed by atoms with E-state index in [9.17, 15) is 0 Å². The fourth-order valence-electron chi connectivity index (χ4n) is 3.40. The minimum atomic E-state index is 0.204. The molecule has 3 aromatic rings. The summed E-state index contributed by atoms with van der Waals surface area (Å²) in [6, 6.07) is 19.9. The van der Waals surface area contributed by atoms with Crippen LogP contribution in [-0.4, -0.2) is 14.8 Å². The fraction of sp³-hybridized carbons (Fsp3) is 0.300. The molecule has 0 fully saturated rings. The molecule has 4 rings (SSSR count). The Hall–Kier alpha value is -2.62. The highest BCUT2D eigenvalue weighted by Crippen LogP contribution is 2.37. The minimum absolute atomic E-state index is 0.204. The van der Waals surface area contributed by atoms with Crippen LogP contribution in [0.4, 0.5) is 5.95 Å². The van der Waals surface area contributed by atoms with Gasteiger partial charge in [-0.25, -0.2) is 4.68 Å². The lowest BCUT2D eigenvalue weighted by molar-refractivity contribution is 0.431. The van der Waals surface area contributed by atoms with Gasteiger partial charge < -0.3 is 5.32 Å². The van der Waals surface area contributed by atoms with Gasteiger partial charge in [-0.2, -0.15) is 10.1 Å². The number of nitrogens with one attached hydrogen (secondary N) is 1. The average molecular weight is 318 g/mol. The van der Waals surface area contributed by atoms with Crippen LogP contribution < -0.4 is 5.32 Å². The first kappa shape index (κ1) is 14.9. The minimum Gasteiger partial charge on any atom is -0.348 e. The summed E-state index contributed by atoms with van der Waals surface area (Å²) in [4.78, 5) is 4.39. The molecule has 0 saturated heterocycles. The third kappa shape index (κ3) is 2.68. The van der Waals surface area contributed by atoms with E-state index in [1.807, 2.05) is 4.68 Å². The molecule has 0 amide bonds. The number of hydrogen-bond donors (Lipinski definition) is 1. The second-order valence-electron chi connectivity index (χ2n) is 6.71. The first-order chi connectivity index (χ1) is 11.7. The predicted molar refractivity (Wildman–Crippen MR) is 96.1 cm³/mol. The highest BCUT2D eigenvalue weighted by atomic mass is 15.4. The number of hydrogen-bond acceptors (Lipinski definition) is 3. The van der Waals surface area contributed by atoms with Crippen LogP contribution in [0.2, 0.25) is 0 Å². The largest absolute Gasteiger partial charge is 0.348 e. The van der Waals surface area contributed by atoms with Crippen molar-refractivity contribution in [1.82, 2.24) is 14.8 Å². The van der Waals surface area contributed by atoms with Gasteiger partial charge in [0, 0.05) is 0 Å². The monoisotopic (exact) mass is 318 g/mol. The van der Waals surface area contributed by atoms with E-state index >= 15 is 0 Å². The number of aromatic nitrogens is 3. The summed E-state index contributed by atoms with van der Waals surface area (Å²) in [7, 11) is 0. The van der Waals surface area contributed by atoms with Gasteiger partial charge >= 0.3 is 0 Å². The summed E-state index contributed by atoms with van der Waals surface area (Å²) in [5.41, 5.74) is 3.94. The summed E-state index contributed by atoms with van der Waals surface area (Å²) in [6.45, 7) is 4.45. The maximum Gasteiger partial charge on any atom is 0.222 e. The molecule has 0 spiro atoms. The molecule has 2 aromatic carbocycles. The van der Waals surface area contributed by atoms with E-state index in [2.05, 4.69) is 83.8 Å². The van der Waals surface area contributed by atoms with Gasteiger partial charge in [-0.05, 0) is 29.0 Å². The summed E-state index contributed by atoms with van der Waals surface area (Å²) < 4.78 is 2.00. The van der Waals surface area contributed by atoms with Crippen molar-refractivity contribution in [1.29, 1.82) is 0 Å². The van der Waals surface area contributed by atoms with E-state index in [1.165, 1.54) is 16.7 Å². The van der Waals surface area contributed by atoms with Crippen molar-refractivity contribution in [2.45, 2.75) is 38.3 Å². The molecule has 0 radical (unpaired) electrons. The van der Waals surface area contributed by atoms with E-state index in [0.29, 0.717) is 5.92 Å². The molecule has 0 saturated carbocycles. The Balaban J connectivity index is 1.69. The Bertz CT molecular complexity index is 805. The maximum absolute atomic E-state index is 4.44. The first-order valence-corrected chi connectivity index (χ1v) is 8.53. The molecule has 1 aromatic heterocycles. The van der Waals surface area contributed by atoms with E-state index < -0.39 is 0 Å². The molecule has 2 atom stereocenters. The lowest BCUT2D eigenvalue weighted by atomic mass is 9.92. The summed E-state index contributed by atoms with van der Waals surface area (Å²) in [5.74, 6) is 1.39. The van der Waals surface area contributed by atoms with Crippen LogP contribution in [0.5, 0.6) is 0 Å². The van der Waals surface area contributed by atoms with Gasteiger partial charge in [0.1, 0.15) is 6.33 Å². The molecule has 24 heavy (non-hydrogen) atoms. The van der Waals surface area contributed by atoms with Crippen LogP contribution in [0.1, 0.15) is 55.0 Å². The molecule has 4 heteroatoms. The maximum atomic E-state index is 4.44. The third-order valence-electron chi connectivity index (χ3n) is 4.82. The summed E-state index contributed by atoms with van der Waals surface area (Å²) in [6.07, 6.45) is 2.59. The van der Waals surface area contributed by atoms with Crippen molar-refractivity contribution in [3.8, 4) is 0 Å². The van der Waals surface area contributed by atoms with E-state index in [0.717, 1.165) is 12.4 Å². The molecule has 1 aliphatic heterocycles. The summed E-state index contributed by atoms with van der Waals surface area (Å²) >= 11 is 0. The summed E-state index contributed by atoms with van der Waals surface area (Å²) in [5, 5.41) is 7.96. The fourth-order valence-corrected chi connectivity index (χ4v) is 3.40. The zero-order valence-electron chi connectivity index (χ0n) is 14.1. The van der Waals surface area contributed by atoms with Crippen molar-refractivity contribution in [3.05, 3.63) is 77.6 Å². The molecule has 0 aliphatic carbocycles. The molecular weight excluding hydrogens is 296 g/mol. The topological polar surface area (TPSA) is 42.7 Å². The SMILES string of the molecule is CC(C)c1ccc(C2CC(c3ccccc3)Nc3ncnn32)cc1. The molecular formula is C20H22N4. The second kappa shape index (κ2) is 6.11. The number of rotatable bonds is 3. The van der Waals surface area contributed by atoms with Crippen LogP contribution >= 0.6 is 0 Å². The van der Waals surface area contributed by atoms with Gasteiger partial charge in [-0.1, -0.05) is 68.4 Å². The van der Waals surface area contributed by atoms with E-state index in [-0.39, 0.29) is 12.1 Å². The van der Waals surface area contributed by atoms with Crippen molar-refractivity contribution >= 4 is 5.95 Å². The highest BCUT2D eigenvalue weighted by Gasteiger charge is 2.29. The third-order valence-corrected chi connectivity index (χ3v) is 4.82. The van der Waals surface area contributed by atoms with Gasteiger partial charge in [0.2, 0.25) is 5.95 Å². The number of anilines is 1. The Labute approximate surface area is 142 Å². The van der Waals surface area contributed by atoms with Crippen LogP contribution in [-0.2, 0) is 0 Å². The Morgan fingerprint density at radius 3 is 2.46 bits per heavy atom. The van der Waals surface area contributed by atoms with Crippen molar-refractivity contribution in [3.63, 3.8) is 0 Å². The molecule has 2 heterocycles.